The maximum atomic E-state index is 13.2. The number of nitrogens with one attached hydrogen (secondary N) is 1. The number of aryl methyl sites for hydroxylation is 1. The van der Waals surface area contributed by atoms with Gasteiger partial charge in [0.1, 0.15) is 16.9 Å². The summed E-state index contributed by atoms with van der Waals surface area (Å²) in [5.74, 6) is -0.620. The molecular formula is C19H14FN3OS. The lowest BCUT2D eigenvalue weighted by Crippen LogP contribution is -2.14. The molecule has 0 atom stereocenters. The fraction of sp³-hybridized carbons (Fsp3) is 0.105. The highest BCUT2D eigenvalue weighted by Crippen LogP contribution is 2.26. The third-order valence-corrected chi connectivity index (χ3v) is 4.57. The summed E-state index contributed by atoms with van der Waals surface area (Å²) in [6.45, 7) is 1.95. The Morgan fingerprint density at radius 2 is 2.08 bits per heavy atom. The molecule has 0 spiro atoms. The molecule has 0 saturated heterocycles. The number of pyridine rings is 1. The first kappa shape index (κ1) is 16.9. The third-order valence-electron chi connectivity index (χ3n) is 3.58. The van der Waals surface area contributed by atoms with Crippen molar-refractivity contribution in [1.82, 2.24) is 4.98 Å². The number of para-hydroxylation sites is 1. The molecule has 0 aliphatic carbocycles. The topological polar surface area (TPSA) is 65.8 Å². The molecule has 4 nitrogen and oxygen atoms in total. The minimum absolute atomic E-state index is 0.0789. The molecule has 124 valence electrons. The molecular weight excluding hydrogens is 337 g/mol. The smallest absolute Gasteiger partial charge is 0.234 e. The molecule has 1 heterocycles. The van der Waals surface area contributed by atoms with Crippen LogP contribution in [0, 0.1) is 24.1 Å². The lowest BCUT2D eigenvalue weighted by atomic mass is 10.1. The summed E-state index contributed by atoms with van der Waals surface area (Å²) in [4.78, 5) is 16.6. The summed E-state index contributed by atoms with van der Waals surface area (Å²) in [5, 5.41) is 13.4. The minimum Gasteiger partial charge on any atom is -0.325 e. The van der Waals surface area contributed by atoms with Gasteiger partial charge in [-0.1, -0.05) is 36.0 Å². The molecule has 0 aliphatic heterocycles. The van der Waals surface area contributed by atoms with Crippen molar-refractivity contribution in [3.8, 4) is 6.07 Å². The van der Waals surface area contributed by atoms with Crippen molar-refractivity contribution < 1.29 is 9.18 Å². The molecule has 6 heteroatoms. The van der Waals surface area contributed by atoms with Crippen molar-refractivity contribution in [2.75, 3.05) is 11.1 Å². The monoisotopic (exact) mass is 351 g/mol. The molecule has 3 aromatic rings. The lowest BCUT2D eigenvalue weighted by Gasteiger charge is -2.08. The number of benzene rings is 2. The Kier molecular flexibility index (Phi) is 4.96. The van der Waals surface area contributed by atoms with Crippen LogP contribution in [-0.4, -0.2) is 16.6 Å². The van der Waals surface area contributed by atoms with Gasteiger partial charge in [-0.15, -0.1) is 0 Å². The second-order valence-corrected chi connectivity index (χ2v) is 6.41. The summed E-state index contributed by atoms with van der Waals surface area (Å²) in [5.41, 5.74) is 2.65. The highest BCUT2D eigenvalue weighted by molar-refractivity contribution is 8.00. The van der Waals surface area contributed by atoms with Crippen LogP contribution >= 0.6 is 11.8 Å². The number of carbonyl (C=O) groups is 1. The molecule has 0 fully saturated rings. The number of fused-ring (bicyclic) bond motifs is 1. The fourth-order valence-electron chi connectivity index (χ4n) is 2.42. The standard InChI is InChI=1S/C19H14FN3OS/c1-12-4-2-5-13-8-14(10-21)19(23-18(12)13)25-11-17(24)22-16-7-3-6-15(20)9-16/h2-9H,11H2,1H3,(H,22,24). The molecule has 0 radical (unpaired) electrons. The third kappa shape index (κ3) is 3.95. The maximum Gasteiger partial charge on any atom is 0.234 e. The van der Waals surface area contributed by atoms with Crippen LogP contribution < -0.4 is 5.32 Å². The zero-order chi connectivity index (χ0) is 17.8. The van der Waals surface area contributed by atoms with Crippen LogP contribution in [0.2, 0.25) is 0 Å². The van der Waals surface area contributed by atoms with E-state index in [1.165, 1.54) is 30.0 Å². The Labute approximate surface area is 148 Å². The van der Waals surface area contributed by atoms with Gasteiger partial charge in [0.15, 0.2) is 0 Å². The summed E-state index contributed by atoms with van der Waals surface area (Å²) in [6, 6.07) is 15.4. The molecule has 0 bridgehead atoms. The van der Waals surface area contributed by atoms with Gasteiger partial charge in [-0.3, -0.25) is 4.79 Å². The molecule has 25 heavy (non-hydrogen) atoms. The van der Waals surface area contributed by atoms with Gasteiger partial charge in [0, 0.05) is 11.1 Å². The van der Waals surface area contributed by atoms with Gasteiger partial charge in [-0.2, -0.15) is 5.26 Å². The van der Waals surface area contributed by atoms with Gasteiger partial charge in [0.05, 0.1) is 16.8 Å². The first-order valence-electron chi connectivity index (χ1n) is 7.55. The number of anilines is 1. The number of nitrogens with zero attached hydrogens (tertiary/aromatic N) is 2. The van der Waals surface area contributed by atoms with Crippen LogP contribution in [-0.2, 0) is 4.79 Å². The fourth-order valence-corrected chi connectivity index (χ4v) is 3.17. The second kappa shape index (κ2) is 7.32. The van der Waals surface area contributed by atoms with Gasteiger partial charge >= 0.3 is 0 Å². The summed E-state index contributed by atoms with van der Waals surface area (Å²) in [7, 11) is 0. The van der Waals surface area contributed by atoms with Crippen LogP contribution in [0.1, 0.15) is 11.1 Å². The van der Waals surface area contributed by atoms with E-state index in [0.717, 1.165) is 16.5 Å². The van der Waals surface area contributed by atoms with Crippen LogP contribution in [0.15, 0.2) is 53.6 Å². The van der Waals surface area contributed by atoms with Crippen molar-refractivity contribution in [2.45, 2.75) is 11.9 Å². The first-order chi connectivity index (χ1) is 12.1. The van der Waals surface area contributed by atoms with E-state index in [4.69, 9.17) is 0 Å². The van der Waals surface area contributed by atoms with Crippen molar-refractivity contribution in [3.63, 3.8) is 0 Å². The Morgan fingerprint density at radius 1 is 1.28 bits per heavy atom. The van der Waals surface area contributed by atoms with Gasteiger partial charge < -0.3 is 5.32 Å². The highest BCUT2D eigenvalue weighted by atomic mass is 32.2. The maximum absolute atomic E-state index is 13.2. The summed E-state index contributed by atoms with van der Waals surface area (Å²) in [6.07, 6.45) is 0. The predicted octanol–water partition coefficient (Wildman–Crippen LogP) is 4.28. The number of hydrogen-bond acceptors (Lipinski definition) is 4. The average molecular weight is 351 g/mol. The van der Waals surface area contributed by atoms with Crippen LogP contribution in [0.3, 0.4) is 0 Å². The van der Waals surface area contributed by atoms with E-state index in [2.05, 4.69) is 16.4 Å². The normalized spacial score (nSPS) is 10.4. The van der Waals surface area contributed by atoms with E-state index >= 15 is 0 Å². The molecule has 0 aliphatic rings. The molecule has 1 N–H and O–H groups in total. The minimum atomic E-state index is -0.413. The van der Waals surface area contributed by atoms with Gasteiger partial charge in [-0.05, 0) is 36.8 Å². The quantitative estimate of drug-likeness (QED) is 0.712. The zero-order valence-electron chi connectivity index (χ0n) is 13.4. The van der Waals surface area contributed by atoms with E-state index in [1.54, 1.807) is 12.1 Å². The number of rotatable bonds is 4. The number of aromatic nitrogens is 1. The van der Waals surface area contributed by atoms with Crippen molar-refractivity contribution in [3.05, 3.63) is 65.5 Å². The van der Waals surface area contributed by atoms with E-state index in [9.17, 15) is 14.4 Å². The van der Waals surface area contributed by atoms with E-state index in [-0.39, 0.29) is 11.7 Å². The molecule has 0 unspecified atom stereocenters. The second-order valence-electron chi connectivity index (χ2n) is 5.45. The van der Waals surface area contributed by atoms with Crippen molar-refractivity contribution in [1.29, 1.82) is 5.26 Å². The zero-order valence-corrected chi connectivity index (χ0v) is 14.2. The Balaban J connectivity index is 1.77. The Hall–Kier alpha value is -2.91. The molecule has 3 rings (SSSR count). The van der Waals surface area contributed by atoms with Crippen LogP contribution in [0.5, 0.6) is 0 Å². The summed E-state index contributed by atoms with van der Waals surface area (Å²) >= 11 is 1.19. The largest absolute Gasteiger partial charge is 0.325 e. The number of hydrogen-bond donors (Lipinski definition) is 1. The first-order valence-corrected chi connectivity index (χ1v) is 8.54. The molecule has 1 amide bonds. The van der Waals surface area contributed by atoms with E-state index in [0.29, 0.717) is 16.3 Å². The predicted molar refractivity (Wildman–Crippen MR) is 96.9 cm³/mol. The molecule has 1 aromatic heterocycles. The number of thioether (sulfide) groups is 1. The number of halogens is 1. The van der Waals surface area contributed by atoms with Crippen LogP contribution in [0.25, 0.3) is 10.9 Å². The lowest BCUT2D eigenvalue weighted by molar-refractivity contribution is -0.113. The van der Waals surface area contributed by atoms with Gasteiger partial charge in [0.25, 0.3) is 0 Å². The van der Waals surface area contributed by atoms with Crippen molar-refractivity contribution >= 4 is 34.3 Å². The van der Waals surface area contributed by atoms with Crippen molar-refractivity contribution in [2.24, 2.45) is 0 Å². The van der Waals surface area contributed by atoms with E-state index < -0.39 is 5.82 Å². The van der Waals surface area contributed by atoms with Gasteiger partial charge in [0.2, 0.25) is 5.91 Å². The number of nitriles is 1. The molecule has 0 saturated carbocycles. The van der Waals surface area contributed by atoms with Gasteiger partial charge in [-0.25, -0.2) is 9.37 Å². The Morgan fingerprint density at radius 3 is 2.84 bits per heavy atom. The number of amides is 1. The van der Waals surface area contributed by atoms with Crippen LogP contribution in [0.4, 0.5) is 10.1 Å². The number of carbonyl (C=O) groups excluding carboxylic acids is 1. The average Bonchev–Trinajstić information content (AvgIpc) is 2.59. The Bertz CT molecular complexity index is 998. The SMILES string of the molecule is Cc1cccc2cc(C#N)c(SCC(=O)Nc3cccc(F)c3)nc12. The molecule has 2 aromatic carbocycles. The summed E-state index contributed by atoms with van der Waals surface area (Å²) < 4.78 is 13.2. The van der Waals surface area contributed by atoms with E-state index in [1.807, 2.05) is 25.1 Å². The highest BCUT2D eigenvalue weighted by Gasteiger charge is 2.11.